The molecule has 82 heavy (non-hydrogen) atoms. The minimum Gasteiger partial charge on any atom is -0.481 e. The summed E-state index contributed by atoms with van der Waals surface area (Å²) in [7, 11) is 1.39. The molecule has 3 aromatic rings. The number of nitrogens with one attached hydrogen (secondary N) is 9. The van der Waals surface area contributed by atoms with Crippen molar-refractivity contribution < 1.29 is 82.8 Å². The van der Waals surface area contributed by atoms with E-state index in [1.165, 1.54) is 48.0 Å². The van der Waals surface area contributed by atoms with Crippen molar-refractivity contribution in [3.63, 3.8) is 0 Å². The molecule has 4 atom stereocenters. The zero-order valence-corrected chi connectivity index (χ0v) is 45.8. The van der Waals surface area contributed by atoms with Gasteiger partial charge in [-0.1, -0.05) is 32.0 Å². The van der Waals surface area contributed by atoms with Crippen molar-refractivity contribution in [1.82, 2.24) is 52.0 Å². The maximum Gasteiger partial charge on any atom is 0.317 e. The van der Waals surface area contributed by atoms with Crippen LogP contribution in [-0.2, 0) is 64.0 Å². The molecule has 29 heteroatoms. The number of primary amides is 1. The van der Waals surface area contributed by atoms with Crippen LogP contribution in [0.2, 0.25) is 0 Å². The maximum atomic E-state index is 14.1. The SMILES string of the molecule is CNC(=O)CNC(=O)[C@@H](NC(=O)[C@H](C)NC(=O)[C@H](Cc1c[nH]c2ccccc12)NC(=O)[C@H](CCC(N)=O)NC(=O)c1ccc(NC(=O)CNC(=O)CCC2(C(CC(=O)O)CC(=O)O)CN(CC(=O)O)CCN(CC(=O)O)C2)cc1)C(C)C. The normalized spacial score (nSPS) is 14.9. The lowest BCUT2D eigenvalue weighted by Gasteiger charge is -2.43. The van der Waals surface area contributed by atoms with Gasteiger partial charge in [0.15, 0.2) is 0 Å². The van der Waals surface area contributed by atoms with Gasteiger partial charge in [-0.15, -0.1) is 0 Å². The number of fused-ring (bicyclic) bond motifs is 1. The molecule has 4 rings (SSSR count). The first-order valence-corrected chi connectivity index (χ1v) is 26.2. The number of carbonyl (C=O) groups excluding carboxylic acids is 9. The fourth-order valence-electron chi connectivity index (χ4n) is 9.48. The number of anilines is 1. The highest BCUT2D eigenvalue weighted by atomic mass is 16.4. The molecule has 446 valence electrons. The number of carbonyl (C=O) groups is 13. The molecule has 0 bridgehead atoms. The topological polar surface area (TPSA) is 447 Å². The Morgan fingerprint density at radius 3 is 1.79 bits per heavy atom. The quantitative estimate of drug-likeness (QED) is 0.0320. The number of aromatic amines is 1. The largest absolute Gasteiger partial charge is 0.481 e. The van der Waals surface area contributed by atoms with E-state index in [1.54, 1.807) is 44.3 Å². The number of rotatable bonds is 32. The molecule has 1 aliphatic rings. The first-order valence-electron chi connectivity index (χ1n) is 26.2. The van der Waals surface area contributed by atoms with E-state index in [4.69, 9.17) is 5.73 Å². The Morgan fingerprint density at radius 2 is 1.23 bits per heavy atom. The highest BCUT2D eigenvalue weighted by molar-refractivity contribution is 6.00. The molecule has 0 unspecified atom stereocenters. The number of likely N-dealkylation sites (N-methyl/N-ethyl adjacent to an activating group) is 1. The van der Waals surface area contributed by atoms with Crippen LogP contribution < -0.4 is 48.3 Å². The van der Waals surface area contributed by atoms with Gasteiger partial charge >= 0.3 is 23.9 Å². The van der Waals surface area contributed by atoms with Crippen molar-refractivity contribution in [2.75, 3.05) is 64.7 Å². The summed E-state index contributed by atoms with van der Waals surface area (Å²) < 4.78 is 0. The van der Waals surface area contributed by atoms with E-state index < -0.39 is 157 Å². The van der Waals surface area contributed by atoms with Crippen molar-refractivity contribution in [3.8, 4) is 0 Å². The van der Waals surface area contributed by atoms with Crippen LogP contribution in [0, 0.1) is 17.3 Å². The Hall–Kier alpha value is -8.99. The number of hydrogen-bond acceptors (Lipinski definition) is 15. The molecule has 0 aliphatic carbocycles. The number of carboxylic acids is 4. The van der Waals surface area contributed by atoms with Crippen LogP contribution in [0.15, 0.2) is 54.7 Å². The third-order valence-corrected chi connectivity index (χ3v) is 13.7. The molecule has 9 amide bonds. The minimum absolute atomic E-state index is 0.0292. The molecule has 29 nitrogen and oxygen atoms in total. The van der Waals surface area contributed by atoms with Gasteiger partial charge in [0.1, 0.15) is 24.2 Å². The van der Waals surface area contributed by atoms with Crippen LogP contribution in [-0.4, -0.2) is 196 Å². The minimum atomic E-state index is -1.47. The molecule has 1 saturated heterocycles. The lowest BCUT2D eigenvalue weighted by atomic mass is 9.68. The van der Waals surface area contributed by atoms with Crippen LogP contribution in [0.25, 0.3) is 10.9 Å². The smallest absolute Gasteiger partial charge is 0.317 e. The Balaban J connectivity index is 1.45. The Labute approximate surface area is 470 Å². The number of para-hydroxylation sites is 1. The van der Waals surface area contributed by atoms with Crippen molar-refractivity contribution in [3.05, 3.63) is 65.9 Å². The number of amides is 9. The predicted octanol–water partition coefficient (Wildman–Crippen LogP) is -2.06. The number of benzene rings is 2. The van der Waals surface area contributed by atoms with Crippen molar-refractivity contribution >= 4 is 93.6 Å². The summed E-state index contributed by atoms with van der Waals surface area (Å²) in [5, 5.41) is 59.6. The van der Waals surface area contributed by atoms with Gasteiger partial charge in [-0.2, -0.15) is 0 Å². The molecule has 2 heterocycles. The standard InChI is InChI=1S/C53H72N12O17/c1-29(2)47(52(82)58-23-41(68)55-4)63-48(78)30(3)59-51(81)38(19-32-22-56-36-8-6-5-7-35(32)36)62-50(80)37(13-14-39(54)66)61-49(79)31-9-11-34(12-10-31)60-42(69)24-57-40(67)15-16-53(33(20-43(70)71)21-44(72)73)27-64(25-45(74)75)17-18-65(28-53)26-46(76)77/h5-12,22,29-30,33,37-38,47,56H,13-21,23-28H2,1-4H3,(H2,54,66)(H,55,68)(H,57,67)(H,58,82)(H,59,81)(H,60,69)(H,61,79)(H,62,80)(H,63,78)(H,70,71)(H,72,73)(H,74,75)(H,76,77)/t30-,37-,38-,47-/m0/s1. The molecule has 1 aromatic heterocycles. The van der Waals surface area contributed by atoms with Crippen LogP contribution >= 0.6 is 0 Å². The lowest BCUT2D eigenvalue weighted by Crippen LogP contribution is -2.59. The average molecular weight is 1150 g/mol. The lowest BCUT2D eigenvalue weighted by molar-refractivity contribution is -0.146. The summed E-state index contributed by atoms with van der Waals surface area (Å²) in [6.45, 7) is 2.45. The van der Waals surface area contributed by atoms with Crippen molar-refractivity contribution in [2.24, 2.45) is 23.0 Å². The molecular weight excluding hydrogens is 1080 g/mol. The van der Waals surface area contributed by atoms with E-state index in [2.05, 4.69) is 47.5 Å². The second-order valence-corrected chi connectivity index (χ2v) is 20.4. The van der Waals surface area contributed by atoms with Gasteiger partial charge in [0.2, 0.25) is 47.3 Å². The molecule has 0 saturated carbocycles. The Kier molecular flexibility index (Phi) is 24.9. The monoisotopic (exact) mass is 1150 g/mol. The molecule has 1 fully saturated rings. The molecule has 1 aliphatic heterocycles. The number of hydrogen-bond donors (Lipinski definition) is 14. The third-order valence-electron chi connectivity index (χ3n) is 13.7. The van der Waals surface area contributed by atoms with Gasteiger partial charge < -0.3 is 73.7 Å². The van der Waals surface area contributed by atoms with E-state index in [1.807, 2.05) is 0 Å². The van der Waals surface area contributed by atoms with E-state index in [9.17, 15) is 82.8 Å². The van der Waals surface area contributed by atoms with E-state index in [0.717, 1.165) is 5.52 Å². The zero-order valence-electron chi connectivity index (χ0n) is 45.8. The fraction of sp³-hybridized carbons (Fsp3) is 0.491. The molecule has 0 radical (unpaired) electrons. The summed E-state index contributed by atoms with van der Waals surface area (Å²) in [4.78, 5) is 172. The van der Waals surface area contributed by atoms with Crippen LogP contribution in [0.5, 0.6) is 0 Å². The van der Waals surface area contributed by atoms with Crippen molar-refractivity contribution in [2.45, 2.75) is 89.9 Å². The van der Waals surface area contributed by atoms with E-state index in [0.29, 0.717) is 10.9 Å². The Morgan fingerprint density at radius 1 is 0.646 bits per heavy atom. The van der Waals surface area contributed by atoms with Gasteiger partial charge in [0, 0.05) is 99.1 Å². The number of H-pyrrole nitrogens is 1. The zero-order chi connectivity index (χ0) is 60.8. The van der Waals surface area contributed by atoms with Gasteiger partial charge in [-0.3, -0.25) is 72.1 Å². The van der Waals surface area contributed by atoms with Gasteiger partial charge in [0.25, 0.3) is 5.91 Å². The molecule has 15 N–H and O–H groups in total. The molecule has 0 spiro atoms. The fourth-order valence-corrected chi connectivity index (χ4v) is 9.48. The van der Waals surface area contributed by atoms with Crippen LogP contribution in [0.1, 0.15) is 75.2 Å². The highest BCUT2D eigenvalue weighted by Crippen LogP contribution is 2.41. The van der Waals surface area contributed by atoms with E-state index >= 15 is 0 Å². The molecular formula is C53H72N12O17. The highest BCUT2D eigenvalue weighted by Gasteiger charge is 2.46. The summed E-state index contributed by atoms with van der Waals surface area (Å²) >= 11 is 0. The van der Waals surface area contributed by atoms with Gasteiger partial charge in [0.05, 0.1) is 26.2 Å². The second kappa shape index (κ2) is 31.1. The predicted molar refractivity (Wildman–Crippen MR) is 291 cm³/mol. The van der Waals surface area contributed by atoms with Crippen molar-refractivity contribution in [1.29, 1.82) is 0 Å². The summed E-state index contributed by atoms with van der Waals surface area (Å²) in [6.07, 6.45) is -1.16. The average Bonchev–Trinajstić information content (AvgIpc) is 3.99. The Bertz CT molecular complexity index is 2800. The number of nitrogens with zero attached hydrogens (tertiary/aromatic N) is 2. The second-order valence-electron chi connectivity index (χ2n) is 20.4. The van der Waals surface area contributed by atoms with Crippen LogP contribution in [0.3, 0.4) is 0 Å². The van der Waals surface area contributed by atoms with Gasteiger partial charge in [-0.25, -0.2) is 0 Å². The number of aliphatic carboxylic acids is 4. The van der Waals surface area contributed by atoms with Crippen LogP contribution in [0.4, 0.5) is 5.69 Å². The number of aromatic nitrogens is 1. The summed E-state index contributed by atoms with van der Waals surface area (Å²) in [6, 6.07) is 7.16. The number of nitrogens with two attached hydrogens (primary N) is 1. The first kappa shape index (κ1) is 65.5. The first-order chi connectivity index (χ1) is 38.7. The maximum absolute atomic E-state index is 14.1. The summed E-state index contributed by atoms with van der Waals surface area (Å²) in [5.74, 6) is -13.5. The van der Waals surface area contributed by atoms with Gasteiger partial charge in [-0.05, 0) is 67.5 Å². The molecule has 2 aromatic carbocycles. The van der Waals surface area contributed by atoms with E-state index in [-0.39, 0.29) is 69.7 Å². The summed E-state index contributed by atoms with van der Waals surface area (Å²) in [5.41, 5.74) is 5.45. The number of carboxylic acid groups (broad SMARTS) is 4. The third kappa shape index (κ3) is 20.9.